The Morgan fingerprint density at radius 3 is 2.52 bits per heavy atom. The Labute approximate surface area is 373 Å². The van der Waals surface area contributed by atoms with Crippen LogP contribution in [0.3, 0.4) is 0 Å². The van der Waals surface area contributed by atoms with Crippen molar-refractivity contribution >= 4 is 44.3 Å². The number of ether oxygens (including phenoxy) is 1. The Morgan fingerprint density at radius 2 is 1.77 bits per heavy atom. The molecule has 17 heteroatoms. The molecule has 6 heterocycles. The Balaban J connectivity index is 0.895. The van der Waals surface area contributed by atoms with Crippen LogP contribution < -0.4 is 19.7 Å². The summed E-state index contributed by atoms with van der Waals surface area (Å²) in [6.07, 6.45) is 15.0. The van der Waals surface area contributed by atoms with E-state index in [1.165, 1.54) is 49.2 Å². The number of fused-ring (bicyclic) bond motifs is 1. The van der Waals surface area contributed by atoms with E-state index in [0.29, 0.717) is 54.6 Å². The van der Waals surface area contributed by atoms with Crippen LogP contribution in [0.15, 0.2) is 78.2 Å². The lowest BCUT2D eigenvalue weighted by molar-refractivity contribution is -0.384. The van der Waals surface area contributed by atoms with Gasteiger partial charge in [-0.25, -0.2) is 28.1 Å². The van der Waals surface area contributed by atoms with Crippen molar-refractivity contribution < 1.29 is 28.0 Å². The first-order chi connectivity index (χ1) is 30.7. The Kier molecular flexibility index (Phi) is 11.8. The average molecular weight is 892 g/mol. The number of benzene rings is 1. The molecule has 2 saturated heterocycles. The predicted octanol–water partition coefficient (Wildman–Crippen LogP) is 8.23. The molecule has 4 fully saturated rings. The third kappa shape index (κ3) is 9.02. The molecule has 1 spiro atoms. The minimum absolute atomic E-state index is 0.0769. The summed E-state index contributed by atoms with van der Waals surface area (Å²) in [7, 11) is -4.65. The van der Waals surface area contributed by atoms with E-state index in [4.69, 9.17) is 4.74 Å². The molecule has 2 aliphatic carbocycles. The highest BCUT2D eigenvalue weighted by Crippen LogP contribution is 2.54. The van der Waals surface area contributed by atoms with Gasteiger partial charge in [-0.05, 0) is 118 Å². The number of hydrogen-bond donors (Lipinski definition) is 4. The van der Waals surface area contributed by atoms with E-state index in [2.05, 4.69) is 77.9 Å². The molecule has 0 bridgehead atoms. The van der Waals surface area contributed by atoms with Gasteiger partial charge in [0, 0.05) is 61.6 Å². The van der Waals surface area contributed by atoms with Crippen molar-refractivity contribution in [2.45, 2.75) is 113 Å². The number of nitro groups is 1. The van der Waals surface area contributed by atoms with Crippen LogP contribution in [0.2, 0.25) is 0 Å². The van der Waals surface area contributed by atoms with E-state index in [-0.39, 0.29) is 28.5 Å². The summed E-state index contributed by atoms with van der Waals surface area (Å²) >= 11 is 0. The fraction of sp³-hybridized carbons (Fsp3) is 0.489. The number of carbonyl (C=O) groups is 1. The van der Waals surface area contributed by atoms with Crippen LogP contribution in [0.4, 0.5) is 17.3 Å². The van der Waals surface area contributed by atoms with Crippen LogP contribution >= 0.6 is 0 Å². The maximum atomic E-state index is 13.9. The Morgan fingerprint density at radius 1 is 1.00 bits per heavy atom. The fourth-order valence-corrected chi connectivity index (χ4v) is 11.4. The standard InChI is InChI=1S/C47H57N9O7S/c1-30(2)36-7-4-5-8-37(36)39-9-6-18-55(39)33-24-47(25-33)15-19-54(20-16-47)42-23-41(63-34-21-32-12-17-48-43(32)51-27-34)38(29-49-42)45(57)53-64(61,62)35-22-40(56(59)60)44(52-28-35)50-26-31-10-13-46(3,58)14-11-31/h4-5,7-8,12,17,21-23,27-31,33,39,58H,6,9-11,13-16,18-20,24-26H2,1-3H3,(H,48,51)(H,50,52)(H,53,57)/t31?,39-,46?/m0/s1. The summed E-state index contributed by atoms with van der Waals surface area (Å²) in [4.78, 5) is 45.9. The average Bonchev–Trinajstić information content (AvgIpc) is 3.95. The summed E-state index contributed by atoms with van der Waals surface area (Å²) < 4.78 is 35.7. The van der Waals surface area contributed by atoms with E-state index in [0.717, 1.165) is 63.0 Å². The van der Waals surface area contributed by atoms with Gasteiger partial charge in [0.25, 0.3) is 15.9 Å². The molecule has 4 aromatic heterocycles. The second-order valence-electron chi connectivity index (χ2n) is 19.0. The molecule has 64 heavy (non-hydrogen) atoms. The third-order valence-corrected chi connectivity index (χ3v) is 15.5. The third-order valence-electron chi connectivity index (χ3n) is 14.2. The number of likely N-dealkylation sites (tertiary alicyclic amines) is 1. The van der Waals surface area contributed by atoms with Gasteiger partial charge in [0.15, 0.2) is 0 Å². The Hall–Kier alpha value is -5.65. The number of H-pyrrole nitrogens is 1. The summed E-state index contributed by atoms with van der Waals surface area (Å²) in [5, 5.41) is 26.2. The van der Waals surface area contributed by atoms with Crippen LogP contribution in [0, 0.1) is 21.4 Å². The molecule has 1 atom stereocenters. The minimum Gasteiger partial charge on any atom is -0.455 e. The van der Waals surface area contributed by atoms with Crippen molar-refractivity contribution in [3.05, 3.63) is 100 Å². The van der Waals surface area contributed by atoms with Crippen molar-refractivity contribution in [1.82, 2.24) is 29.6 Å². The lowest BCUT2D eigenvalue weighted by Crippen LogP contribution is -2.55. The molecule has 9 rings (SSSR count). The largest absolute Gasteiger partial charge is 0.455 e. The number of pyridine rings is 3. The van der Waals surface area contributed by atoms with Gasteiger partial charge in [0.2, 0.25) is 5.82 Å². The number of sulfonamides is 1. The van der Waals surface area contributed by atoms with Crippen molar-refractivity contribution in [2.24, 2.45) is 11.3 Å². The van der Waals surface area contributed by atoms with Crippen LogP contribution in [0.5, 0.6) is 11.5 Å². The highest BCUT2D eigenvalue weighted by molar-refractivity contribution is 7.90. The smallest absolute Gasteiger partial charge is 0.312 e. The van der Waals surface area contributed by atoms with Crippen molar-refractivity contribution in [1.29, 1.82) is 0 Å². The van der Waals surface area contributed by atoms with Crippen molar-refractivity contribution in [3.63, 3.8) is 0 Å². The van der Waals surface area contributed by atoms with E-state index in [1.807, 2.05) is 6.07 Å². The van der Waals surface area contributed by atoms with Gasteiger partial charge < -0.3 is 25.0 Å². The van der Waals surface area contributed by atoms with Gasteiger partial charge in [-0.1, -0.05) is 38.1 Å². The number of hydrogen-bond acceptors (Lipinski definition) is 13. The monoisotopic (exact) mass is 891 g/mol. The highest BCUT2D eigenvalue weighted by atomic mass is 32.2. The molecule has 4 aliphatic rings. The van der Waals surface area contributed by atoms with Crippen LogP contribution in [-0.4, -0.2) is 87.0 Å². The minimum atomic E-state index is -4.65. The molecule has 4 N–H and O–H groups in total. The molecule has 1 aromatic carbocycles. The first-order valence-electron chi connectivity index (χ1n) is 22.5. The zero-order chi connectivity index (χ0) is 44.8. The van der Waals surface area contributed by atoms with E-state index in [9.17, 15) is 28.4 Å². The zero-order valence-electron chi connectivity index (χ0n) is 36.6. The molecule has 1 amide bonds. The van der Waals surface area contributed by atoms with Gasteiger partial charge in [-0.2, -0.15) is 0 Å². The van der Waals surface area contributed by atoms with E-state index in [1.54, 1.807) is 25.3 Å². The number of nitrogens with one attached hydrogen (secondary N) is 3. The van der Waals surface area contributed by atoms with Crippen LogP contribution in [0.25, 0.3) is 11.0 Å². The topological polar surface area (TPSA) is 209 Å². The van der Waals surface area contributed by atoms with Crippen molar-refractivity contribution in [2.75, 3.05) is 36.4 Å². The number of rotatable bonds is 13. The molecule has 5 aromatic rings. The number of amides is 1. The van der Waals surface area contributed by atoms with E-state index < -0.39 is 37.0 Å². The zero-order valence-corrected chi connectivity index (χ0v) is 37.4. The first-order valence-corrected chi connectivity index (χ1v) is 24.0. The number of aliphatic hydroxyl groups is 1. The van der Waals surface area contributed by atoms with Crippen LogP contribution in [-0.2, 0) is 10.0 Å². The second kappa shape index (κ2) is 17.4. The number of anilines is 2. The Bertz CT molecular complexity index is 2640. The van der Waals surface area contributed by atoms with Crippen molar-refractivity contribution in [3.8, 4) is 11.5 Å². The fourth-order valence-electron chi connectivity index (χ4n) is 10.5. The SMILES string of the molecule is CC(C)c1ccccc1[C@@H]1CCCN1C1CC2(CCN(c3cc(Oc4cnc5[nH]ccc5c4)c(C(=O)NS(=O)(=O)c4cnc(NCC5CCC(C)(O)CC5)c([N+](=O)[O-])c4)cn3)CC2)C1. The molecule has 0 unspecified atom stereocenters. The van der Waals surface area contributed by atoms with E-state index >= 15 is 0 Å². The van der Waals surface area contributed by atoms with Gasteiger partial charge in [-0.3, -0.25) is 19.8 Å². The maximum Gasteiger partial charge on any atom is 0.312 e. The molecule has 0 radical (unpaired) electrons. The van der Waals surface area contributed by atoms with Gasteiger partial charge in [-0.15, -0.1) is 0 Å². The number of carbonyl (C=O) groups excluding carboxylic acids is 1. The quantitative estimate of drug-likeness (QED) is 0.0650. The normalized spacial score (nSPS) is 22.7. The number of aromatic amines is 1. The maximum absolute atomic E-state index is 13.9. The lowest BCUT2D eigenvalue weighted by atomic mass is 9.60. The summed E-state index contributed by atoms with van der Waals surface area (Å²) in [5.41, 5.74) is 2.44. The summed E-state index contributed by atoms with van der Waals surface area (Å²) in [5.74, 6) is 0.541. The molecule has 2 saturated carbocycles. The number of piperidine rings is 1. The van der Waals surface area contributed by atoms with Gasteiger partial charge in [0.1, 0.15) is 33.4 Å². The summed E-state index contributed by atoms with van der Waals surface area (Å²) in [6, 6.07) is 16.1. The molecule has 16 nitrogen and oxygen atoms in total. The summed E-state index contributed by atoms with van der Waals surface area (Å²) in [6.45, 7) is 9.41. The highest BCUT2D eigenvalue weighted by Gasteiger charge is 2.50. The number of nitrogens with zero attached hydrogens (tertiary/aromatic N) is 6. The van der Waals surface area contributed by atoms with Gasteiger partial charge in [0.05, 0.1) is 22.9 Å². The van der Waals surface area contributed by atoms with Crippen LogP contribution in [0.1, 0.15) is 118 Å². The predicted molar refractivity (Wildman–Crippen MR) is 243 cm³/mol. The molecular weight excluding hydrogens is 835 g/mol. The first kappa shape index (κ1) is 43.6. The van der Waals surface area contributed by atoms with Gasteiger partial charge >= 0.3 is 5.69 Å². The number of aromatic nitrogens is 4. The molecule has 2 aliphatic heterocycles. The molecule has 338 valence electrons. The molecular formula is C47H57N9O7S. The second-order valence-corrected chi connectivity index (χ2v) is 20.7. The lowest BCUT2D eigenvalue weighted by Gasteiger charge is -2.56.